The van der Waals surface area contributed by atoms with Crippen LogP contribution < -0.4 is 0 Å². The summed E-state index contributed by atoms with van der Waals surface area (Å²) in [5, 5.41) is 0.298. The highest BCUT2D eigenvalue weighted by Gasteiger charge is 2.36. The molecule has 0 saturated heterocycles. The molecule has 0 aromatic carbocycles. The molecule has 0 aliphatic carbocycles. The van der Waals surface area contributed by atoms with E-state index in [1.54, 1.807) is 0 Å². The van der Waals surface area contributed by atoms with Gasteiger partial charge in [0.15, 0.2) is 16.6 Å². The molecule has 0 spiro atoms. The van der Waals surface area contributed by atoms with E-state index in [2.05, 4.69) is 53.5 Å². The summed E-state index contributed by atoms with van der Waals surface area (Å²) in [7, 11) is -2.93. The van der Waals surface area contributed by atoms with Crippen LogP contribution in [0.15, 0.2) is 0 Å². The van der Waals surface area contributed by atoms with Crippen LogP contribution in [0.2, 0.25) is 37.8 Å². The minimum Gasteiger partial charge on any atom is -0.415 e. The highest BCUT2D eigenvalue weighted by Crippen LogP contribution is 2.36. The minimum absolute atomic E-state index is 0.298. The van der Waals surface area contributed by atoms with Crippen molar-refractivity contribution >= 4 is 16.6 Å². The molecule has 0 unspecified atom stereocenters. The summed E-state index contributed by atoms with van der Waals surface area (Å²) in [4.78, 5) is 0. The standard InChI is InChI=1S/C11H28O2Si2/c1-11(2,3)15(7,8)13-10-9-12-14(4,5)6/h9-10H2,1-8H3. The molecule has 92 valence electrons. The molecule has 0 bridgehead atoms. The van der Waals surface area contributed by atoms with Crippen LogP contribution >= 0.6 is 0 Å². The summed E-state index contributed by atoms with van der Waals surface area (Å²) < 4.78 is 11.8. The van der Waals surface area contributed by atoms with Crippen molar-refractivity contribution in [2.24, 2.45) is 0 Å². The largest absolute Gasteiger partial charge is 0.415 e. The Kier molecular flexibility index (Phi) is 5.24. The normalized spacial score (nSPS) is 14.4. The van der Waals surface area contributed by atoms with Crippen molar-refractivity contribution in [1.29, 1.82) is 0 Å². The zero-order chi connectivity index (χ0) is 12.3. The topological polar surface area (TPSA) is 18.5 Å². The summed E-state index contributed by atoms with van der Waals surface area (Å²) in [6.07, 6.45) is 0. The predicted molar refractivity (Wildman–Crippen MR) is 72.4 cm³/mol. The van der Waals surface area contributed by atoms with Crippen molar-refractivity contribution < 1.29 is 8.85 Å². The van der Waals surface area contributed by atoms with Gasteiger partial charge in [0.05, 0.1) is 13.2 Å². The lowest BCUT2D eigenvalue weighted by molar-refractivity contribution is 0.199. The van der Waals surface area contributed by atoms with Crippen molar-refractivity contribution in [2.45, 2.75) is 58.5 Å². The highest BCUT2D eigenvalue weighted by molar-refractivity contribution is 6.74. The molecule has 2 nitrogen and oxygen atoms in total. The molecule has 0 atom stereocenters. The maximum atomic E-state index is 6.03. The van der Waals surface area contributed by atoms with Crippen molar-refractivity contribution in [2.75, 3.05) is 13.2 Å². The average Bonchev–Trinajstić information content (AvgIpc) is 1.94. The summed E-state index contributed by atoms with van der Waals surface area (Å²) >= 11 is 0. The molecule has 0 aromatic heterocycles. The van der Waals surface area contributed by atoms with Gasteiger partial charge >= 0.3 is 0 Å². The van der Waals surface area contributed by atoms with Gasteiger partial charge in [-0.2, -0.15) is 0 Å². The Morgan fingerprint density at radius 2 is 1.20 bits per heavy atom. The summed E-state index contributed by atoms with van der Waals surface area (Å²) in [6.45, 7) is 19.5. The molecular weight excluding hydrogens is 220 g/mol. The summed E-state index contributed by atoms with van der Waals surface area (Å²) in [5.74, 6) is 0. The number of hydrogen-bond acceptors (Lipinski definition) is 2. The fraction of sp³-hybridized carbons (Fsp3) is 1.00. The number of hydrogen-bond donors (Lipinski definition) is 0. The van der Waals surface area contributed by atoms with Gasteiger partial charge in [-0.25, -0.2) is 0 Å². The van der Waals surface area contributed by atoms with Crippen molar-refractivity contribution in [3.05, 3.63) is 0 Å². The quantitative estimate of drug-likeness (QED) is 0.543. The van der Waals surface area contributed by atoms with E-state index in [4.69, 9.17) is 8.85 Å². The Hall–Kier alpha value is 0.354. The van der Waals surface area contributed by atoms with Crippen LogP contribution in [0.4, 0.5) is 0 Å². The van der Waals surface area contributed by atoms with Crippen LogP contribution in [0.25, 0.3) is 0 Å². The van der Waals surface area contributed by atoms with Crippen molar-refractivity contribution in [3.63, 3.8) is 0 Å². The fourth-order valence-electron chi connectivity index (χ4n) is 0.861. The lowest BCUT2D eigenvalue weighted by Gasteiger charge is -2.36. The second-order valence-electron chi connectivity index (χ2n) is 6.57. The van der Waals surface area contributed by atoms with Crippen LogP contribution in [0.3, 0.4) is 0 Å². The van der Waals surface area contributed by atoms with Crippen LogP contribution in [-0.2, 0) is 8.85 Å². The molecule has 0 aliphatic rings. The van der Waals surface area contributed by atoms with Crippen LogP contribution in [0, 0.1) is 0 Å². The first-order valence-corrected chi connectivity index (χ1v) is 12.1. The van der Waals surface area contributed by atoms with Gasteiger partial charge in [-0.05, 0) is 37.8 Å². The van der Waals surface area contributed by atoms with Crippen LogP contribution in [-0.4, -0.2) is 29.8 Å². The van der Waals surface area contributed by atoms with E-state index in [-0.39, 0.29) is 0 Å². The van der Waals surface area contributed by atoms with Gasteiger partial charge < -0.3 is 8.85 Å². The van der Waals surface area contributed by atoms with Gasteiger partial charge in [0, 0.05) is 0 Å². The molecule has 0 amide bonds. The third-order valence-electron chi connectivity index (χ3n) is 2.89. The molecule has 0 heterocycles. The van der Waals surface area contributed by atoms with Gasteiger partial charge in [0.1, 0.15) is 0 Å². The zero-order valence-electron chi connectivity index (χ0n) is 11.7. The molecule has 0 aromatic rings. The van der Waals surface area contributed by atoms with E-state index in [1.807, 2.05) is 0 Å². The monoisotopic (exact) mass is 248 g/mol. The Bertz CT molecular complexity index is 190. The highest BCUT2D eigenvalue weighted by atomic mass is 28.4. The SMILES string of the molecule is CC(C)(C)[Si](C)(C)OCCO[Si](C)(C)C. The lowest BCUT2D eigenvalue weighted by Crippen LogP contribution is -2.42. The number of rotatable bonds is 5. The third kappa shape index (κ3) is 6.50. The van der Waals surface area contributed by atoms with E-state index < -0.39 is 16.6 Å². The van der Waals surface area contributed by atoms with Crippen molar-refractivity contribution in [3.8, 4) is 0 Å². The zero-order valence-corrected chi connectivity index (χ0v) is 13.7. The van der Waals surface area contributed by atoms with E-state index in [1.165, 1.54) is 0 Å². The molecule has 0 saturated carbocycles. The van der Waals surface area contributed by atoms with Gasteiger partial charge in [-0.3, -0.25) is 0 Å². The second kappa shape index (κ2) is 5.12. The summed E-state index contributed by atoms with van der Waals surface area (Å²) in [6, 6.07) is 0. The Morgan fingerprint density at radius 1 is 0.800 bits per heavy atom. The molecule has 0 radical (unpaired) electrons. The van der Waals surface area contributed by atoms with E-state index in [0.29, 0.717) is 5.04 Å². The Labute approximate surface area is 97.6 Å². The van der Waals surface area contributed by atoms with E-state index in [9.17, 15) is 0 Å². The molecular formula is C11H28O2Si2. The van der Waals surface area contributed by atoms with Crippen LogP contribution in [0.5, 0.6) is 0 Å². The van der Waals surface area contributed by atoms with Gasteiger partial charge in [-0.15, -0.1) is 0 Å². The Morgan fingerprint density at radius 3 is 1.53 bits per heavy atom. The maximum Gasteiger partial charge on any atom is 0.192 e. The van der Waals surface area contributed by atoms with E-state index >= 15 is 0 Å². The van der Waals surface area contributed by atoms with Crippen molar-refractivity contribution in [1.82, 2.24) is 0 Å². The first-order chi connectivity index (χ1) is 6.46. The third-order valence-corrected chi connectivity index (χ3v) is 8.50. The predicted octanol–water partition coefficient (Wildman–Crippen LogP) is 3.86. The molecule has 0 fully saturated rings. The van der Waals surface area contributed by atoms with E-state index in [0.717, 1.165) is 13.2 Å². The summed E-state index contributed by atoms with van der Waals surface area (Å²) in [5.41, 5.74) is 0. The van der Waals surface area contributed by atoms with Gasteiger partial charge in [-0.1, -0.05) is 20.8 Å². The maximum absolute atomic E-state index is 6.03. The van der Waals surface area contributed by atoms with Crippen LogP contribution in [0.1, 0.15) is 20.8 Å². The molecule has 0 rings (SSSR count). The molecule has 0 N–H and O–H groups in total. The first-order valence-electron chi connectivity index (χ1n) is 5.74. The van der Waals surface area contributed by atoms with Gasteiger partial charge in [0.2, 0.25) is 0 Å². The Balaban J connectivity index is 3.87. The fourth-order valence-corrected chi connectivity index (χ4v) is 2.58. The second-order valence-corrected chi connectivity index (χ2v) is 15.9. The van der Waals surface area contributed by atoms with Gasteiger partial charge in [0.25, 0.3) is 0 Å². The molecule has 0 aliphatic heterocycles. The minimum atomic E-state index is -1.57. The average molecular weight is 249 g/mol. The molecule has 4 heteroatoms. The first kappa shape index (κ1) is 15.4. The lowest BCUT2D eigenvalue weighted by atomic mass is 10.2. The smallest absolute Gasteiger partial charge is 0.192 e. The molecule has 15 heavy (non-hydrogen) atoms.